The molecule has 0 saturated heterocycles. The molecule has 0 unspecified atom stereocenters. The minimum atomic E-state index is -3.97. The Morgan fingerprint density at radius 2 is 1.81 bits per heavy atom. The maximum absolute atomic E-state index is 13.4. The number of rotatable bonds is 4. The highest BCUT2D eigenvalue weighted by atomic mass is 32.2. The summed E-state index contributed by atoms with van der Waals surface area (Å²) >= 11 is 0. The van der Waals surface area contributed by atoms with E-state index in [2.05, 4.69) is 4.98 Å². The molecule has 156 valence electrons. The van der Waals surface area contributed by atoms with Crippen LogP contribution < -0.4 is 0 Å². The number of hydrogen-bond donors (Lipinski definition) is 0. The second-order valence-electron chi connectivity index (χ2n) is 6.84. The zero-order chi connectivity index (χ0) is 22.0. The summed E-state index contributed by atoms with van der Waals surface area (Å²) in [4.78, 5) is 28.9. The van der Waals surface area contributed by atoms with Crippen molar-refractivity contribution in [2.75, 3.05) is 7.11 Å². The highest BCUT2D eigenvalue weighted by Crippen LogP contribution is 2.34. The number of nitrogens with zero attached hydrogens (tertiary/aromatic N) is 2. The van der Waals surface area contributed by atoms with Crippen molar-refractivity contribution in [3.8, 4) is 0 Å². The molecule has 2 heterocycles. The van der Waals surface area contributed by atoms with Crippen molar-refractivity contribution in [1.29, 1.82) is 0 Å². The van der Waals surface area contributed by atoms with E-state index < -0.39 is 21.8 Å². The van der Waals surface area contributed by atoms with E-state index in [9.17, 15) is 18.0 Å². The van der Waals surface area contributed by atoms with E-state index in [4.69, 9.17) is 4.74 Å². The molecule has 0 N–H and O–H groups in total. The van der Waals surface area contributed by atoms with Crippen LogP contribution in [0.4, 0.5) is 0 Å². The molecule has 1 aliphatic rings. The number of esters is 1. The van der Waals surface area contributed by atoms with Gasteiger partial charge in [-0.15, -0.1) is 0 Å². The molecular weight excluding hydrogens is 416 g/mol. The van der Waals surface area contributed by atoms with Crippen LogP contribution in [0.2, 0.25) is 0 Å². The summed E-state index contributed by atoms with van der Waals surface area (Å²) < 4.78 is 32.6. The molecule has 0 bridgehead atoms. The molecule has 3 aromatic rings. The van der Waals surface area contributed by atoms with Crippen LogP contribution in [0.3, 0.4) is 0 Å². The first-order valence-corrected chi connectivity index (χ1v) is 10.8. The fourth-order valence-corrected chi connectivity index (χ4v) is 4.98. The van der Waals surface area contributed by atoms with E-state index in [1.807, 2.05) is 0 Å². The molecule has 1 aromatic heterocycles. The number of ether oxygens (including phenoxy) is 1. The number of carbonyl (C=O) groups is 2. The number of hydrogen-bond acceptors (Lipinski definition) is 6. The molecule has 31 heavy (non-hydrogen) atoms. The second kappa shape index (κ2) is 8.16. The Hall–Kier alpha value is -3.78. The maximum atomic E-state index is 13.4. The minimum absolute atomic E-state index is 0.0216. The quantitative estimate of drug-likeness (QED) is 0.462. The van der Waals surface area contributed by atoms with Gasteiger partial charge >= 0.3 is 5.97 Å². The van der Waals surface area contributed by atoms with Crippen LogP contribution in [0.1, 0.15) is 31.8 Å². The molecule has 8 heteroatoms. The molecule has 0 saturated carbocycles. The SMILES string of the molecule is COC(=O)c1ccc(C=C2C(=O)c3ccccc3S(=O)(=O)N2Cc2cccnc2)cc1. The summed E-state index contributed by atoms with van der Waals surface area (Å²) in [7, 11) is -2.68. The second-order valence-corrected chi connectivity index (χ2v) is 8.67. The monoisotopic (exact) mass is 434 g/mol. The Morgan fingerprint density at radius 3 is 2.48 bits per heavy atom. The molecule has 0 fully saturated rings. The van der Waals surface area contributed by atoms with Crippen molar-refractivity contribution in [3.63, 3.8) is 0 Å². The smallest absolute Gasteiger partial charge is 0.337 e. The van der Waals surface area contributed by atoms with E-state index in [0.717, 1.165) is 4.31 Å². The van der Waals surface area contributed by atoms with E-state index in [-0.39, 0.29) is 22.7 Å². The average Bonchev–Trinajstić information content (AvgIpc) is 2.80. The lowest BCUT2D eigenvalue weighted by atomic mass is 10.0. The van der Waals surface area contributed by atoms with Crippen molar-refractivity contribution in [2.45, 2.75) is 11.4 Å². The number of carbonyl (C=O) groups excluding carboxylic acids is 2. The van der Waals surface area contributed by atoms with E-state index in [0.29, 0.717) is 16.7 Å². The van der Waals surface area contributed by atoms with Crippen molar-refractivity contribution in [3.05, 3.63) is 101 Å². The molecule has 0 aliphatic carbocycles. The van der Waals surface area contributed by atoms with Gasteiger partial charge in [-0.3, -0.25) is 14.1 Å². The van der Waals surface area contributed by atoms with Gasteiger partial charge in [0.15, 0.2) is 0 Å². The number of benzene rings is 2. The summed E-state index contributed by atoms with van der Waals surface area (Å²) in [6.45, 7) is -0.0394. The van der Waals surface area contributed by atoms with Crippen LogP contribution in [-0.2, 0) is 21.3 Å². The predicted molar refractivity (Wildman–Crippen MR) is 113 cm³/mol. The molecule has 0 amide bonds. The fraction of sp³-hybridized carbons (Fsp3) is 0.0870. The number of sulfonamides is 1. The first-order chi connectivity index (χ1) is 14.9. The zero-order valence-electron chi connectivity index (χ0n) is 16.6. The van der Waals surface area contributed by atoms with Gasteiger partial charge in [0.2, 0.25) is 5.78 Å². The summed E-state index contributed by atoms with van der Waals surface area (Å²) in [6.07, 6.45) is 4.66. The van der Waals surface area contributed by atoms with Gasteiger partial charge in [0.05, 0.1) is 24.1 Å². The van der Waals surface area contributed by atoms with Crippen molar-refractivity contribution < 1.29 is 22.7 Å². The van der Waals surface area contributed by atoms with Crippen molar-refractivity contribution >= 4 is 27.9 Å². The molecular formula is C23H18N2O5S. The van der Waals surface area contributed by atoms with Crippen LogP contribution in [0, 0.1) is 0 Å². The van der Waals surface area contributed by atoms with E-state index in [1.165, 1.54) is 25.3 Å². The van der Waals surface area contributed by atoms with Crippen LogP contribution in [0.25, 0.3) is 6.08 Å². The van der Waals surface area contributed by atoms with Gasteiger partial charge in [0.1, 0.15) is 5.70 Å². The highest BCUT2D eigenvalue weighted by molar-refractivity contribution is 7.89. The third-order valence-electron chi connectivity index (χ3n) is 4.89. The standard InChI is InChI=1S/C23H18N2O5S/c1-30-23(27)18-10-8-16(9-11-18)13-20-22(26)19-6-2-3-7-21(19)31(28,29)25(20)15-17-5-4-12-24-14-17/h2-14H,15H2,1H3. The first kappa shape index (κ1) is 20.5. The number of methoxy groups -OCH3 is 1. The zero-order valence-corrected chi connectivity index (χ0v) is 17.4. The number of Topliss-reactive ketones (excluding diaryl/α,β-unsaturated/α-hetero) is 1. The summed E-state index contributed by atoms with van der Waals surface area (Å²) in [5, 5.41) is 0. The topological polar surface area (TPSA) is 93.6 Å². The Bertz CT molecular complexity index is 1280. The largest absolute Gasteiger partial charge is 0.465 e. The minimum Gasteiger partial charge on any atom is -0.465 e. The molecule has 2 aromatic carbocycles. The Kier molecular flexibility index (Phi) is 5.39. The number of pyridine rings is 1. The summed E-state index contributed by atoms with van der Waals surface area (Å²) in [6, 6.07) is 16.0. The third kappa shape index (κ3) is 3.85. The van der Waals surface area contributed by atoms with Gasteiger partial charge in [-0.1, -0.05) is 30.3 Å². The van der Waals surface area contributed by atoms with Crippen LogP contribution >= 0.6 is 0 Å². The van der Waals surface area contributed by atoms with E-state index >= 15 is 0 Å². The lowest BCUT2D eigenvalue weighted by Crippen LogP contribution is -2.38. The summed E-state index contributed by atoms with van der Waals surface area (Å²) in [5.74, 6) is -0.881. The van der Waals surface area contributed by atoms with E-state index in [1.54, 1.807) is 60.9 Å². The van der Waals surface area contributed by atoms with Crippen LogP contribution in [-0.4, -0.2) is 36.6 Å². The third-order valence-corrected chi connectivity index (χ3v) is 6.70. The Morgan fingerprint density at radius 1 is 1.06 bits per heavy atom. The Labute approximate surface area is 179 Å². The van der Waals surface area contributed by atoms with Crippen molar-refractivity contribution in [2.24, 2.45) is 0 Å². The summed E-state index contributed by atoms with van der Waals surface area (Å²) in [5.41, 5.74) is 1.72. The first-order valence-electron chi connectivity index (χ1n) is 9.37. The van der Waals surface area contributed by atoms with Crippen LogP contribution in [0.15, 0.2) is 83.6 Å². The predicted octanol–water partition coefficient (Wildman–Crippen LogP) is 3.30. The molecule has 7 nitrogen and oxygen atoms in total. The number of fused-ring (bicyclic) bond motifs is 1. The molecule has 0 atom stereocenters. The van der Waals surface area contributed by atoms with Crippen molar-refractivity contribution in [1.82, 2.24) is 9.29 Å². The molecule has 1 aliphatic heterocycles. The maximum Gasteiger partial charge on any atom is 0.337 e. The lowest BCUT2D eigenvalue weighted by Gasteiger charge is -2.31. The normalized spacial score (nSPS) is 16.1. The highest BCUT2D eigenvalue weighted by Gasteiger charge is 2.39. The lowest BCUT2D eigenvalue weighted by molar-refractivity contribution is 0.0600. The number of allylic oxidation sites excluding steroid dienone is 1. The fourth-order valence-electron chi connectivity index (χ4n) is 3.33. The molecule has 0 radical (unpaired) electrons. The van der Waals surface area contributed by atoms with Crippen LogP contribution in [0.5, 0.6) is 0 Å². The van der Waals surface area contributed by atoms with Gasteiger partial charge in [-0.25, -0.2) is 13.2 Å². The Balaban J connectivity index is 1.83. The van der Waals surface area contributed by atoms with Gasteiger partial charge in [-0.2, -0.15) is 0 Å². The molecule has 0 spiro atoms. The van der Waals surface area contributed by atoms with Gasteiger partial charge in [0.25, 0.3) is 10.0 Å². The number of aromatic nitrogens is 1. The average molecular weight is 434 g/mol. The number of ketones is 1. The molecule has 4 rings (SSSR count). The van der Waals surface area contributed by atoms with Gasteiger partial charge < -0.3 is 4.74 Å². The van der Waals surface area contributed by atoms with Gasteiger partial charge in [0, 0.05) is 18.0 Å². The van der Waals surface area contributed by atoms with Gasteiger partial charge in [-0.05, 0) is 47.5 Å².